The highest BCUT2D eigenvalue weighted by atomic mass is 16.6. The number of methoxy groups -OCH3 is 1. The molecule has 0 aliphatic carbocycles. The summed E-state index contributed by atoms with van der Waals surface area (Å²) >= 11 is 0. The van der Waals surface area contributed by atoms with Crippen LogP contribution in [0.5, 0.6) is 11.5 Å². The van der Waals surface area contributed by atoms with Crippen molar-refractivity contribution in [3.63, 3.8) is 0 Å². The molecule has 28 heavy (non-hydrogen) atoms. The highest BCUT2D eigenvalue weighted by Gasteiger charge is 2.09. The normalized spacial score (nSPS) is 11.7. The van der Waals surface area contributed by atoms with Gasteiger partial charge in [-0.25, -0.2) is 4.79 Å². The van der Waals surface area contributed by atoms with Crippen molar-refractivity contribution in [3.8, 4) is 11.5 Å². The molecule has 0 atom stereocenters. The maximum absolute atomic E-state index is 11.1. The molecular formula is C21H23NO6. The average Bonchev–Trinajstić information content (AvgIpc) is 2.71. The lowest BCUT2D eigenvalue weighted by atomic mass is 10.1. The summed E-state index contributed by atoms with van der Waals surface area (Å²) in [6.07, 6.45) is 1.46. The summed E-state index contributed by atoms with van der Waals surface area (Å²) in [5.74, 6) is 0.0997. The maximum Gasteiger partial charge on any atom is 0.371 e. The second kappa shape index (κ2) is 10.6. The van der Waals surface area contributed by atoms with Crippen LogP contribution in [0.1, 0.15) is 18.1 Å². The molecule has 0 radical (unpaired) electrons. The first-order chi connectivity index (χ1) is 13.6. The third-order valence-corrected chi connectivity index (χ3v) is 3.67. The van der Waals surface area contributed by atoms with Crippen molar-refractivity contribution in [1.29, 1.82) is 0 Å². The number of rotatable bonds is 10. The molecule has 2 aromatic carbocycles. The summed E-state index contributed by atoms with van der Waals surface area (Å²) in [5.41, 5.74) is 2.12. The molecule has 0 saturated carbocycles. The predicted octanol–water partition coefficient (Wildman–Crippen LogP) is 3.59. The number of hydrogen-bond acceptors (Lipinski definition) is 6. The number of carboxylic acids is 1. The van der Waals surface area contributed by atoms with E-state index < -0.39 is 5.97 Å². The minimum Gasteiger partial charge on any atom is -0.497 e. The van der Waals surface area contributed by atoms with Crippen molar-refractivity contribution >= 4 is 17.8 Å². The Labute approximate surface area is 163 Å². The van der Waals surface area contributed by atoms with E-state index in [1.54, 1.807) is 38.3 Å². The fraction of sp³-hybridized carbons (Fsp3) is 0.238. The van der Waals surface area contributed by atoms with Gasteiger partial charge in [0.05, 0.1) is 13.7 Å². The van der Waals surface area contributed by atoms with Crippen molar-refractivity contribution in [2.45, 2.75) is 6.92 Å². The predicted molar refractivity (Wildman–Crippen MR) is 106 cm³/mol. The first-order valence-corrected chi connectivity index (χ1v) is 8.62. The SMILES string of the molecule is CCO/C(=C\c1ccc(OCC(=NOC)c2cccc(OC)c2)cc1)C(=O)O. The Hall–Kier alpha value is -3.48. The van der Waals surface area contributed by atoms with Gasteiger partial charge in [-0.3, -0.25) is 0 Å². The number of carbonyl (C=O) groups is 1. The van der Waals surface area contributed by atoms with Gasteiger partial charge >= 0.3 is 5.97 Å². The van der Waals surface area contributed by atoms with Crippen LogP contribution < -0.4 is 9.47 Å². The van der Waals surface area contributed by atoms with Crippen LogP contribution in [-0.4, -0.2) is 44.2 Å². The van der Waals surface area contributed by atoms with Gasteiger partial charge in [0.1, 0.15) is 30.9 Å². The van der Waals surface area contributed by atoms with E-state index in [1.807, 2.05) is 24.3 Å². The van der Waals surface area contributed by atoms with Crippen LogP contribution in [0.25, 0.3) is 6.08 Å². The number of carboxylic acid groups (broad SMARTS) is 1. The zero-order chi connectivity index (χ0) is 20.4. The third-order valence-electron chi connectivity index (χ3n) is 3.67. The molecule has 7 nitrogen and oxygen atoms in total. The van der Waals surface area contributed by atoms with Gasteiger partial charge in [-0.15, -0.1) is 0 Å². The Morgan fingerprint density at radius 1 is 1.11 bits per heavy atom. The first kappa shape index (κ1) is 20.8. The number of ether oxygens (including phenoxy) is 3. The molecule has 0 unspecified atom stereocenters. The van der Waals surface area contributed by atoms with Crippen LogP contribution in [0, 0.1) is 0 Å². The molecule has 0 aliphatic rings. The zero-order valence-electron chi connectivity index (χ0n) is 16.0. The molecular weight excluding hydrogens is 362 g/mol. The average molecular weight is 385 g/mol. The van der Waals surface area contributed by atoms with E-state index in [4.69, 9.17) is 24.2 Å². The lowest BCUT2D eigenvalue weighted by Crippen LogP contribution is -2.13. The number of nitrogens with zero attached hydrogens (tertiary/aromatic N) is 1. The minimum absolute atomic E-state index is 0.108. The topological polar surface area (TPSA) is 86.6 Å². The summed E-state index contributed by atoms with van der Waals surface area (Å²) in [6, 6.07) is 14.4. The van der Waals surface area contributed by atoms with E-state index in [-0.39, 0.29) is 19.0 Å². The van der Waals surface area contributed by atoms with E-state index in [0.29, 0.717) is 22.8 Å². The Balaban J connectivity index is 2.09. The minimum atomic E-state index is -1.11. The Kier molecular flexibility index (Phi) is 7.90. The molecule has 2 aromatic rings. The van der Waals surface area contributed by atoms with Crippen LogP contribution >= 0.6 is 0 Å². The second-order valence-electron chi connectivity index (χ2n) is 5.56. The Bertz CT molecular complexity index is 842. The van der Waals surface area contributed by atoms with Crippen molar-refractivity contribution in [2.75, 3.05) is 27.4 Å². The largest absolute Gasteiger partial charge is 0.497 e. The molecule has 0 spiro atoms. The van der Waals surface area contributed by atoms with E-state index in [2.05, 4.69) is 5.16 Å². The van der Waals surface area contributed by atoms with E-state index in [9.17, 15) is 4.79 Å². The van der Waals surface area contributed by atoms with Crippen molar-refractivity contribution in [1.82, 2.24) is 0 Å². The molecule has 0 bridgehead atoms. The number of oxime groups is 1. The molecule has 148 valence electrons. The van der Waals surface area contributed by atoms with Gasteiger partial charge in [0.15, 0.2) is 0 Å². The van der Waals surface area contributed by atoms with Crippen LogP contribution in [0.15, 0.2) is 59.4 Å². The quantitative estimate of drug-likeness (QED) is 0.291. The summed E-state index contributed by atoms with van der Waals surface area (Å²) in [6.45, 7) is 2.20. The molecule has 0 fully saturated rings. The Morgan fingerprint density at radius 3 is 2.46 bits per heavy atom. The Morgan fingerprint density at radius 2 is 1.86 bits per heavy atom. The second-order valence-corrected chi connectivity index (χ2v) is 5.56. The smallest absolute Gasteiger partial charge is 0.371 e. The van der Waals surface area contributed by atoms with Gasteiger partial charge in [0.2, 0.25) is 5.76 Å². The third kappa shape index (κ3) is 6.05. The highest BCUT2D eigenvalue weighted by molar-refractivity contribution is 6.01. The van der Waals surface area contributed by atoms with Crippen molar-refractivity contribution in [3.05, 3.63) is 65.4 Å². The molecule has 0 saturated heterocycles. The molecule has 1 N–H and O–H groups in total. The molecule has 7 heteroatoms. The monoisotopic (exact) mass is 385 g/mol. The lowest BCUT2D eigenvalue weighted by molar-refractivity contribution is -0.136. The molecule has 0 aromatic heterocycles. The van der Waals surface area contributed by atoms with E-state index >= 15 is 0 Å². The number of hydrogen-bond donors (Lipinski definition) is 1. The van der Waals surface area contributed by atoms with Gasteiger partial charge in [0, 0.05) is 5.56 Å². The van der Waals surface area contributed by atoms with Gasteiger partial charge < -0.3 is 24.2 Å². The molecule has 0 heterocycles. The molecule has 0 aliphatic heterocycles. The van der Waals surface area contributed by atoms with Gasteiger partial charge in [0.25, 0.3) is 0 Å². The van der Waals surface area contributed by atoms with Gasteiger partial charge in [-0.2, -0.15) is 0 Å². The number of aliphatic carboxylic acids is 1. The zero-order valence-corrected chi connectivity index (χ0v) is 16.0. The van der Waals surface area contributed by atoms with Crippen LogP contribution in [0.4, 0.5) is 0 Å². The standard InChI is InChI=1S/C21H23NO6/c1-4-27-20(21(23)24)12-15-8-10-17(11-9-15)28-14-19(22-26-3)16-6-5-7-18(13-16)25-2/h5-13H,4,14H2,1-3H3,(H,23,24)/b20-12-,22-19?. The summed E-state index contributed by atoms with van der Waals surface area (Å²) < 4.78 is 16.1. The summed E-state index contributed by atoms with van der Waals surface area (Å²) in [4.78, 5) is 16.0. The highest BCUT2D eigenvalue weighted by Crippen LogP contribution is 2.17. The van der Waals surface area contributed by atoms with Crippen LogP contribution in [-0.2, 0) is 14.4 Å². The van der Waals surface area contributed by atoms with E-state index in [0.717, 1.165) is 5.56 Å². The van der Waals surface area contributed by atoms with Crippen molar-refractivity contribution < 1.29 is 28.9 Å². The molecule has 2 rings (SSSR count). The van der Waals surface area contributed by atoms with E-state index in [1.165, 1.54) is 13.2 Å². The van der Waals surface area contributed by atoms with Gasteiger partial charge in [-0.05, 0) is 42.8 Å². The van der Waals surface area contributed by atoms with Crippen LogP contribution in [0.2, 0.25) is 0 Å². The summed E-state index contributed by atoms with van der Waals surface area (Å²) in [7, 11) is 3.07. The fourth-order valence-corrected chi connectivity index (χ4v) is 2.36. The summed E-state index contributed by atoms with van der Waals surface area (Å²) in [5, 5.41) is 13.1. The van der Waals surface area contributed by atoms with Crippen LogP contribution in [0.3, 0.4) is 0 Å². The van der Waals surface area contributed by atoms with Gasteiger partial charge in [-0.1, -0.05) is 29.4 Å². The van der Waals surface area contributed by atoms with Crippen molar-refractivity contribution in [2.24, 2.45) is 5.16 Å². The molecule has 0 amide bonds. The maximum atomic E-state index is 11.1. The lowest BCUT2D eigenvalue weighted by Gasteiger charge is -2.10. The number of benzene rings is 2. The first-order valence-electron chi connectivity index (χ1n) is 8.62. The fourth-order valence-electron chi connectivity index (χ4n) is 2.36.